The Morgan fingerprint density at radius 3 is 2.00 bits per heavy atom. The van der Waals surface area contributed by atoms with E-state index in [-0.39, 0.29) is 5.56 Å². The number of benzene rings is 1. The van der Waals surface area contributed by atoms with E-state index in [1.807, 2.05) is 13.8 Å². The lowest BCUT2D eigenvalue weighted by Gasteiger charge is -2.09. The van der Waals surface area contributed by atoms with Crippen LogP contribution in [0.4, 0.5) is 17.6 Å². The van der Waals surface area contributed by atoms with Gasteiger partial charge >= 0.3 is 6.18 Å². The van der Waals surface area contributed by atoms with Crippen LogP contribution in [0, 0.1) is 12.7 Å². The van der Waals surface area contributed by atoms with Gasteiger partial charge in [0, 0.05) is 0 Å². The fourth-order valence-corrected chi connectivity index (χ4v) is 1.20. The Kier molecular flexibility index (Phi) is 5.08. The molecular formula is C10H11ClF4. The van der Waals surface area contributed by atoms with Crippen LogP contribution >= 0.6 is 11.6 Å². The molecule has 0 unspecified atom stereocenters. The van der Waals surface area contributed by atoms with Crippen molar-refractivity contribution in [1.29, 1.82) is 0 Å². The highest BCUT2D eigenvalue weighted by Gasteiger charge is 2.35. The molecule has 0 fully saturated rings. The standard InChI is InChI=1S/C8H5ClF4.C2H6/c1-4-2-5(8(11,12)13)7(10)6(9)3-4;1-2/h2-3H,1H3;1-2H3. The molecule has 5 heteroatoms. The fraction of sp³-hybridized carbons (Fsp3) is 0.400. The Bertz CT molecular complexity index is 331. The summed E-state index contributed by atoms with van der Waals surface area (Å²) < 4.78 is 49.2. The number of aryl methyl sites for hydroxylation is 1. The molecule has 1 aromatic carbocycles. The highest BCUT2D eigenvalue weighted by atomic mass is 35.5. The third-order valence-electron chi connectivity index (χ3n) is 1.48. The first-order valence-corrected chi connectivity index (χ1v) is 4.73. The lowest BCUT2D eigenvalue weighted by molar-refractivity contribution is -0.140. The minimum atomic E-state index is -4.69. The van der Waals surface area contributed by atoms with E-state index in [2.05, 4.69) is 0 Å². The Labute approximate surface area is 90.9 Å². The Balaban J connectivity index is 0.000000921. The summed E-state index contributed by atoms with van der Waals surface area (Å²) in [5, 5.41) is -0.507. The molecule has 0 aliphatic rings. The van der Waals surface area contributed by atoms with Gasteiger partial charge in [-0.3, -0.25) is 0 Å². The maximum atomic E-state index is 12.8. The van der Waals surface area contributed by atoms with Crippen molar-refractivity contribution in [3.05, 3.63) is 34.1 Å². The summed E-state index contributed by atoms with van der Waals surface area (Å²) in [4.78, 5) is 0. The van der Waals surface area contributed by atoms with Crippen molar-refractivity contribution in [1.82, 2.24) is 0 Å². The maximum absolute atomic E-state index is 12.8. The lowest BCUT2D eigenvalue weighted by Crippen LogP contribution is -2.08. The second-order valence-corrected chi connectivity index (χ2v) is 3.01. The molecule has 0 spiro atoms. The second-order valence-electron chi connectivity index (χ2n) is 2.61. The van der Waals surface area contributed by atoms with E-state index in [0.717, 1.165) is 12.1 Å². The molecule has 0 radical (unpaired) electrons. The second kappa shape index (κ2) is 5.35. The molecule has 0 atom stereocenters. The monoisotopic (exact) mass is 242 g/mol. The van der Waals surface area contributed by atoms with Gasteiger partial charge < -0.3 is 0 Å². The van der Waals surface area contributed by atoms with Gasteiger partial charge in [-0.2, -0.15) is 13.2 Å². The predicted octanol–water partition coefficient (Wildman–Crippen LogP) is 4.83. The van der Waals surface area contributed by atoms with E-state index >= 15 is 0 Å². The summed E-state index contributed by atoms with van der Waals surface area (Å²) in [7, 11) is 0. The van der Waals surface area contributed by atoms with Crippen LogP contribution < -0.4 is 0 Å². The van der Waals surface area contributed by atoms with Crippen molar-refractivity contribution < 1.29 is 17.6 Å². The topological polar surface area (TPSA) is 0 Å². The van der Waals surface area contributed by atoms with Gasteiger partial charge in [-0.05, 0) is 24.6 Å². The molecular weight excluding hydrogens is 232 g/mol. The highest BCUT2D eigenvalue weighted by molar-refractivity contribution is 6.30. The van der Waals surface area contributed by atoms with E-state index in [9.17, 15) is 17.6 Å². The van der Waals surface area contributed by atoms with Crippen LogP contribution in [0.15, 0.2) is 12.1 Å². The number of halogens is 5. The van der Waals surface area contributed by atoms with Gasteiger partial charge in [-0.15, -0.1) is 0 Å². The summed E-state index contributed by atoms with van der Waals surface area (Å²) in [6.07, 6.45) is -4.69. The van der Waals surface area contributed by atoms with E-state index in [0.29, 0.717) is 0 Å². The minimum Gasteiger partial charge on any atom is -0.205 e. The summed E-state index contributed by atoms with van der Waals surface area (Å²) >= 11 is 5.25. The molecule has 0 bridgehead atoms. The first-order valence-electron chi connectivity index (χ1n) is 4.35. The molecule has 0 saturated heterocycles. The van der Waals surface area contributed by atoms with E-state index < -0.39 is 22.6 Å². The largest absolute Gasteiger partial charge is 0.419 e. The van der Waals surface area contributed by atoms with Crippen LogP contribution in [0.5, 0.6) is 0 Å². The van der Waals surface area contributed by atoms with Crippen molar-refractivity contribution in [2.24, 2.45) is 0 Å². The average Bonchev–Trinajstić information content (AvgIpc) is 2.13. The highest BCUT2D eigenvalue weighted by Crippen LogP contribution is 2.34. The molecule has 15 heavy (non-hydrogen) atoms. The molecule has 0 N–H and O–H groups in total. The minimum absolute atomic E-state index is 0.277. The van der Waals surface area contributed by atoms with Crippen LogP contribution in [0.2, 0.25) is 5.02 Å². The van der Waals surface area contributed by atoms with Gasteiger partial charge in [-0.1, -0.05) is 25.4 Å². The summed E-state index contributed by atoms with van der Waals surface area (Å²) in [6.45, 7) is 5.42. The van der Waals surface area contributed by atoms with Gasteiger partial charge in [0.1, 0.15) is 0 Å². The van der Waals surface area contributed by atoms with Gasteiger partial charge in [0.2, 0.25) is 0 Å². The van der Waals surface area contributed by atoms with Crippen molar-refractivity contribution in [3.63, 3.8) is 0 Å². The summed E-state index contributed by atoms with van der Waals surface area (Å²) in [6, 6.07) is 1.87. The number of hydrogen-bond donors (Lipinski definition) is 0. The molecule has 0 aliphatic heterocycles. The SMILES string of the molecule is CC.Cc1cc(Cl)c(F)c(C(F)(F)F)c1. The fourth-order valence-electron chi connectivity index (χ4n) is 0.931. The smallest absolute Gasteiger partial charge is 0.205 e. The molecule has 0 amide bonds. The predicted molar refractivity (Wildman–Crippen MR) is 52.5 cm³/mol. The molecule has 0 aliphatic carbocycles. The average molecular weight is 243 g/mol. The van der Waals surface area contributed by atoms with Crippen molar-refractivity contribution in [3.8, 4) is 0 Å². The van der Waals surface area contributed by atoms with Crippen LogP contribution in [0.25, 0.3) is 0 Å². The van der Waals surface area contributed by atoms with Gasteiger partial charge in [0.05, 0.1) is 10.6 Å². The Morgan fingerprint density at radius 1 is 1.13 bits per heavy atom. The third-order valence-corrected chi connectivity index (χ3v) is 1.75. The number of rotatable bonds is 0. The molecule has 0 nitrogen and oxygen atoms in total. The van der Waals surface area contributed by atoms with Crippen LogP contribution in [-0.2, 0) is 6.18 Å². The van der Waals surface area contributed by atoms with Crippen molar-refractivity contribution in [2.45, 2.75) is 26.9 Å². The van der Waals surface area contributed by atoms with Crippen LogP contribution in [-0.4, -0.2) is 0 Å². The summed E-state index contributed by atoms with van der Waals surface area (Å²) in [5.41, 5.74) is -1.05. The molecule has 0 saturated carbocycles. The van der Waals surface area contributed by atoms with E-state index in [1.54, 1.807) is 0 Å². The molecule has 1 aromatic rings. The van der Waals surface area contributed by atoms with Crippen molar-refractivity contribution in [2.75, 3.05) is 0 Å². The lowest BCUT2D eigenvalue weighted by atomic mass is 10.1. The van der Waals surface area contributed by atoms with E-state index in [1.165, 1.54) is 6.92 Å². The molecule has 1 rings (SSSR count). The van der Waals surface area contributed by atoms with Gasteiger partial charge in [0.25, 0.3) is 0 Å². The van der Waals surface area contributed by atoms with Crippen LogP contribution in [0.1, 0.15) is 25.0 Å². The Morgan fingerprint density at radius 2 is 1.60 bits per heavy atom. The summed E-state index contributed by atoms with van der Waals surface area (Å²) in [5.74, 6) is -1.42. The quantitative estimate of drug-likeness (QED) is 0.572. The normalized spacial score (nSPS) is 10.7. The number of alkyl halides is 3. The third kappa shape index (κ3) is 3.70. The maximum Gasteiger partial charge on any atom is 0.419 e. The van der Waals surface area contributed by atoms with Gasteiger partial charge in [0.15, 0.2) is 5.82 Å². The zero-order chi connectivity index (χ0) is 12.2. The first kappa shape index (κ1) is 14.2. The first-order chi connectivity index (χ1) is 6.82. The molecule has 0 heterocycles. The van der Waals surface area contributed by atoms with Gasteiger partial charge in [-0.25, -0.2) is 4.39 Å². The molecule has 0 aromatic heterocycles. The Hall–Kier alpha value is -0.770. The molecule has 86 valence electrons. The zero-order valence-electron chi connectivity index (χ0n) is 8.54. The van der Waals surface area contributed by atoms with Crippen LogP contribution in [0.3, 0.4) is 0 Å². The van der Waals surface area contributed by atoms with E-state index in [4.69, 9.17) is 11.6 Å². The van der Waals surface area contributed by atoms with Crippen molar-refractivity contribution >= 4 is 11.6 Å². The zero-order valence-corrected chi connectivity index (χ0v) is 9.30. The number of hydrogen-bond acceptors (Lipinski definition) is 0.